The topological polar surface area (TPSA) is 23.8 Å². The van der Waals surface area contributed by atoms with E-state index in [1.165, 1.54) is 16.3 Å². The monoisotopic (exact) mass is 271 g/mol. The largest absolute Gasteiger partial charge is 0.197 e. The molecule has 1 aliphatic rings. The lowest BCUT2D eigenvalue weighted by atomic mass is 9.92. The van der Waals surface area contributed by atoms with E-state index in [2.05, 4.69) is 40.2 Å². The zero-order valence-electron chi connectivity index (χ0n) is 8.70. The molecule has 1 saturated carbocycles. The molecule has 2 aromatic carbocycles. The van der Waals surface area contributed by atoms with Crippen LogP contribution in [0.5, 0.6) is 0 Å². The predicted octanol–water partition coefficient (Wildman–Crippen LogP) is 4.16. The number of halogens is 1. The van der Waals surface area contributed by atoms with Crippen LogP contribution in [0.1, 0.15) is 18.4 Å². The summed E-state index contributed by atoms with van der Waals surface area (Å²) in [6.07, 6.45) is 1.98. The van der Waals surface area contributed by atoms with Gasteiger partial charge in [0, 0.05) is 9.86 Å². The van der Waals surface area contributed by atoms with Crippen LogP contribution in [0.2, 0.25) is 0 Å². The lowest BCUT2D eigenvalue weighted by Crippen LogP contribution is -2.03. The van der Waals surface area contributed by atoms with Crippen LogP contribution in [0.4, 0.5) is 0 Å². The van der Waals surface area contributed by atoms with Crippen LogP contribution < -0.4 is 0 Å². The van der Waals surface area contributed by atoms with Crippen LogP contribution >= 0.6 is 15.9 Å². The van der Waals surface area contributed by atoms with Crippen molar-refractivity contribution in [2.75, 3.05) is 0 Å². The molecule has 0 saturated heterocycles. The molecule has 1 fully saturated rings. The number of rotatable bonds is 1. The molecule has 0 N–H and O–H groups in total. The van der Waals surface area contributed by atoms with E-state index in [4.69, 9.17) is 0 Å². The first kappa shape index (κ1) is 9.86. The van der Waals surface area contributed by atoms with Crippen LogP contribution in [0.25, 0.3) is 10.8 Å². The molecule has 0 bridgehead atoms. The minimum Gasteiger partial charge on any atom is -0.197 e. The zero-order valence-corrected chi connectivity index (χ0v) is 10.3. The Bertz CT molecular complexity index is 600. The Morgan fingerprint density at radius 1 is 1.12 bits per heavy atom. The molecule has 78 valence electrons. The van der Waals surface area contributed by atoms with Crippen LogP contribution in [0.15, 0.2) is 40.9 Å². The van der Waals surface area contributed by atoms with Crippen molar-refractivity contribution in [3.63, 3.8) is 0 Å². The van der Waals surface area contributed by atoms with Crippen molar-refractivity contribution in [1.82, 2.24) is 0 Å². The van der Waals surface area contributed by atoms with Crippen molar-refractivity contribution in [1.29, 1.82) is 5.26 Å². The minimum absolute atomic E-state index is 0.219. The number of nitrogens with zero attached hydrogens (tertiary/aromatic N) is 1. The highest BCUT2D eigenvalue weighted by Crippen LogP contribution is 2.50. The number of fused-ring (bicyclic) bond motifs is 1. The van der Waals surface area contributed by atoms with Crippen molar-refractivity contribution in [3.05, 3.63) is 46.4 Å². The van der Waals surface area contributed by atoms with Crippen molar-refractivity contribution in [2.24, 2.45) is 0 Å². The summed E-state index contributed by atoms with van der Waals surface area (Å²) in [5.74, 6) is 0. The summed E-state index contributed by atoms with van der Waals surface area (Å²) < 4.78 is 1.09. The maximum Gasteiger partial charge on any atom is 0.0830 e. The zero-order chi connectivity index (χ0) is 11.2. The van der Waals surface area contributed by atoms with Gasteiger partial charge in [-0.1, -0.05) is 46.3 Å². The van der Waals surface area contributed by atoms with Crippen molar-refractivity contribution >= 4 is 26.7 Å². The van der Waals surface area contributed by atoms with Crippen molar-refractivity contribution in [3.8, 4) is 6.07 Å². The van der Waals surface area contributed by atoms with E-state index >= 15 is 0 Å². The van der Waals surface area contributed by atoms with Gasteiger partial charge in [0.05, 0.1) is 11.5 Å². The Labute approximate surface area is 103 Å². The fourth-order valence-corrected chi connectivity index (χ4v) is 2.86. The summed E-state index contributed by atoms with van der Waals surface area (Å²) in [7, 11) is 0. The molecule has 0 amide bonds. The summed E-state index contributed by atoms with van der Waals surface area (Å²) in [6.45, 7) is 0. The lowest BCUT2D eigenvalue weighted by Gasteiger charge is -2.11. The van der Waals surface area contributed by atoms with Crippen LogP contribution in [-0.2, 0) is 5.41 Å². The summed E-state index contributed by atoms with van der Waals surface area (Å²) in [5, 5.41) is 11.7. The molecule has 2 aromatic rings. The molecule has 3 rings (SSSR count). The fraction of sp³-hybridized carbons (Fsp3) is 0.214. The van der Waals surface area contributed by atoms with E-state index in [0.29, 0.717) is 0 Å². The molecule has 1 nitrogen and oxygen atoms in total. The molecule has 1 aliphatic carbocycles. The lowest BCUT2D eigenvalue weighted by molar-refractivity contribution is 0.920. The summed E-state index contributed by atoms with van der Waals surface area (Å²) in [6, 6.07) is 14.9. The highest BCUT2D eigenvalue weighted by atomic mass is 79.9. The van der Waals surface area contributed by atoms with E-state index in [-0.39, 0.29) is 5.41 Å². The Morgan fingerprint density at radius 3 is 2.44 bits per heavy atom. The quantitative estimate of drug-likeness (QED) is 0.764. The Hall–Kier alpha value is -1.33. The average molecular weight is 272 g/mol. The van der Waals surface area contributed by atoms with Crippen LogP contribution in [-0.4, -0.2) is 0 Å². The maximum atomic E-state index is 9.30. The highest BCUT2D eigenvalue weighted by molar-refractivity contribution is 9.10. The predicted molar refractivity (Wildman–Crippen MR) is 68.2 cm³/mol. The molecule has 2 heteroatoms. The standard InChI is InChI=1S/C14H10BrN/c15-12-6-2-4-10-3-1-5-11(13(10)12)14(9-16)7-8-14/h1-6H,7-8H2. The van der Waals surface area contributed by atoms with Crippen LogP contribution in [0, 0.1) is 11.3 Å². The van der Waals surface area contributed by atoms with Gasteiger partial charge in [-0.25, -0.2) is 0 Å². The fourth-order valence-electron chi connectivity index (χ4n) is 2.26. The molecule has 0 spiro atoms. The van der Waals surface area contributed by atoms with Crippen molar-refractivity contribution in [2.45, 2.75) is 18.3 Å². The molecule has 0 atom stereocenters. The molecular weight excluding hydrogens is 262 g/mol. The van der Waals surface area contributed by atoms with Crippen molar-refractivity contribution < 1.29 is 0 Å². The normalized spacial score (nSPS) is 17.0. The maximum absolute atomic E-state index is 9.30. The second-order valence-corrected chi connectivity index (χ2v) is 5.19. The third-order valence-electron chi connectivity index (χ3n) is 3.33. The first-order valence-electron chi connectivity index (χ1n) is 5.36. The molecule has 16 heavy (non-hydrogen) atoms. The first-order valence-corrected chi connectivity index (χ1v) is 6.15. The third-order valence-corrected chi connectivity index (χ3v) is 3.99. The molecule has 0 aromatic heterocycles. The molecule has 0 heterocycles. The number of nitriles is 1. The Kier molecular flexibility index (Phi) is 2.05. The van der Waals surface area contributed by atoms with E-state index in [9.17, 15) is 5.26 Å². The number of hydrogen-bond donors (Lipinski definition) is 0. The summed E-state index contributed by atoms with van der Waals surface area (Å²) in [4.78, 5) is 0. The SMILES string of the molecule is N#CC1(c2cccc3cccc(Br)c23)CC1. The second kappa shape index (κ2) is 3.33. The summed E-state index contributed by atoms with van der Waals surface area (Å²) >= 11 is 3.59. The van der Waals surface area contributed by atoms with Gasteiger partial charge in [0.1, 0.15) is 0 Å². The molecular formula is C14H10BrN. The molecule has 0 aliphatic heterocycles. The van der Waals surface area contributed by atoms with Crippen LogP contribution in [0.3, 0.4) is 0 Å². The first-order chi connectivity index (χ1) is 7.77. The smallest absolute Gasteiger partial charge is 0.0830 e. The molecule has 0 radical (unpaired) electrons. The second-order valence-electron chi connectivity index (χ2n) is 4.34. The third kappa shape index (κ3) is 1.28. The van der Waals surface area contributed by atoms with Gasteiger partial charge in [-0.3, -0.25) is 0 Å². The highest BCUT2D eigenvalue weighted by Gasteiger charge is 2.45. The van der Waals surface area contributed by atoms with Gasteiger partial charge < -0.3 is 0 Å². The van der Waals surface area contributed by atoms with Gasteiger partial charge in [0.25, 0.3) is 0 Å². The van der Waals surface area contributed by atoms with Gasteiger partial charge in [-0.05, 0) is 29.9 Å². The minimum atomic E-state index is -0.219. The summed E-state index contributed by atoms with van der Waals surface area (Å²) in [5.41, 5.74) is 0.962. The van der Waals surface area contributed by atoms with E-state index in [0.717, 1.165) is 17.3 Å². The van der Waals surface area contributed by atoms with Gasteiger partial charge in [-0.15, -0.1) is 0 Å². The molecule has 0 unspecified atom stereocenters. The Morgan fingerprint density at radius 2 is 1.81 bits per heavy atom. The number of hydrogen-bond acceptors (Lipinski definition) is 1. The Balaban J connectivity index is 2.38. The number of benzene rings is 2. The van der Waals surface area contributed by atoms with Gasteiger partial charge in [-0.2, -0.15) is 5.26 Å². The van der Waals surface area contributed by atoms with Gasteiger partial charge >= 0.3 is 0 Å². The van der Waals surface area contributed by atoms with E-state index < -0.39 is 0 Å². The van der Waals surface area contributed by atoms with E-state index in [1.54, 1.807) is 0 Å². The van der Waals surface area contributed by atoms with Gasteiger partial charge in [0.15, 0.2) is 0 Å². The van der Waals surface area contributed by atoms with E-state index in [1.807, 2.05) is 18.2 Å². The average Bonchev–Trinajstić information content (AvgIpc) is 3.10. The van der Waals surface area contributed by atoms with Gasteiger partial charge in [0.2, 0.25) is 0 Å².